The van der Waals surface area contributed by atoms with Crippen LogP contribution in [-0.2, 0) is 0 Å². The van der Waals surface area contributed by atoms with Crippen molar-refractivity contribution in [2.75, 3.05) is 17.7 Å². The molecule has 1 aromatic heterocycles. The summed E-state index contributed by atoms with van der Waals surface area (Å²) in [6, 6.07) is 5.83. The highest BCUT2D eigenvalue weighted by Crippen LogP contribution is 2.20. The molecule has 94 valence electrons. The lowest BCUT2D eigenvalue weighted by Crippen LogP contribution is -2.03. The van der Waals surface area contributed by atoms with Crippen LogP contribution in [-0.4, -0.2) is 17.0 Å². The maximum Gasteiger partial charge on any atom is 0.224 e. The van der Waals surface area contributed by atoms with E-state index in [1.807, 2.05) is 32.0 Å². The minimum Gasteiger partial charge on any atom is -0.357 e. The fraction of sp³-hybridized carbons (Fsp3) is 0.231. The molecule has 0 atom stereocenters. The zero-order valence-corrected chi connectivity index (χ0v) is 10.6. The molecule has 0 unspecified atom stereocenters. The lowest BCUT2D eigenvalue weighted by atomic mass is 10.1. The fourth-order valence-corrected chi connectivity index (χ4v) is 1.53. The minimum atomic E-state index is -0.479. The number of nitrogens with one attached hydrogen (secondary N) is 2. The molecule has 1 aromatic carbocycles. The zero-order valence-electron chi connectivity index (χ0n) is 10.6. The lowest BCUT2D eigenvalue weighted by Gasteiger charge is -2.09. The number of benzene rings is 1. The minimum absolute atomic E-state index is 0.164. The maximum atomic E-state index is 13.6. The third-order valence-corrected chi connectivity index (χ3v) is 2.74. The molecule has 4 nitrogen and oxygen atoms in total. The lowest BCUT2D eigenvalue weighted by molar-refractivity contribution is 0.619. The molecule has 0 aliphatic heterocycles. The Kier molecular flexibility index (Phi) is 3.41. The van der Waals surface area contributed by atoms with Crippen LogP contribution in [0.1, 0.15) is 11.1 Å². The Bertz CT molecular complexity index is 569. The summed E-state index contributed by atoms with van der Waals surface area (Å²) in [7, 11) is 1.69. The second kappa shape index (κ2) is 5.00. The summed E-state index contributed by atoms with van der Waals surface area (Å²) in [4.78, 5) is 7.82. The number of hydrogen-bond donors (Lipinski definition) is 2. The van der Waals surface area contributed by atoms with Crippen LogP contribution in [0.2, 0.25) is 0 Å². The molecular weight excluding hydrogens is 231 g/mol. The van der Waals surface area contributed by atoms with E-state index < -0.39 is 5.82 Å². The predicted molar refractivity (Wildman–Crippen MR) is 70.7 cm³/mol. The number of aryl methyl sites for hydroxylation is 2. The smallest absolute Gasteiger partial charge is 0.224 e. The average Bonchev–Trinajstić information content (AvgIpc) is 2.36. The molecule has 0 radical (unpaired) electrons. The van der Waals surface area contributed by atoms with Crippen LogP contribution >= 0.6 is 0 Å². The third kappa shape index (κ3) is 2.56. The van der Waals surface area contributed by atoms with Crippen molar-refractivity contribution in [2.45, 2.75) is 13.8 Å². The van der Waals surface area contributed by atoms with Crippen molar-refractivity contribution in [3.63, 3.8) is 0 Å². The van der Waals surface area contributed by atoms with Crippen LogP contribution in [0.4, 0.5) is 21.8 Å². The Balaban J connectivity index is 2.30. The van der Waals surface area contributed by atoms with E-state index in [1.165, 1.54) is 5.56 Å². The SMILES string of the molecule is CNc1ncc(F)c(Nc2ccc(C)c(C)c2)n1. The van der Waals surface area contributed by atoms with Gasteiger partial charge in [0.05, 0.1) is 6.20 Å². The van der Waals surface area contributed by atoms with Gasteiger partial charge in [0.15, 0.2) is 11.6 Å². The third-order valence-electron chi connectivity index (χ3n) is 2.74. The summed E-state index contributed by atoms with van der Waals surface area (Å²) in [5.74, 6) is 0.0626. The summed E-state index contributed by atoms with van der Waals surface area (Å²) in [5, 5.41) is 5.72. The van der Waals surface area contributed by atoms with Crippen molar-refractivity contribution in [1.29, 1.82) is 0 Å². The number of hydrogen-bond acceptors (Lipinski definition) is 4. The van der Waals surface area contributed by atoms with Crippen molar-refractivity contribution < 1.29 is 4.39 Å². The van der Waals surface area contributed by atoms with Gasteiger partial charge in [-0.3, -0.25) is 0 Å². The summed E-state index contributed by atoms with van der Waals surface area (Å²) < 4.78 is 13.6. The summed E-state index contributed by atoms with van der Waals surface area (Å²) in [6.45, 7) is 4.04. The molecule has 0 amide bonds. The molecule has 0 bridgehead atoms. The van der Waals surface area contributed by atoms with Gasteiger partial charge in [-0.15, -0.1) is 0 Å². The highest BCUT2D eigenvalue weighted by Gasteiger charge is 2.06. The number of nitrogens with zero attached hydrogens (tertiary/aromatic N) is 2. The van der Waals surface area contributed by atoms with Gasteiger partial charge in [0.1, 0.15) is 0 Å². The van der Waals surface area contributed by atoms with Gasteiger partial charge in [-0.05, 0) is 37.1 Å². The van der Waals surface area contributed by atoms with Crippen LogP contribution < -0.4 is 10.6 Å². The highest BCUT2D eigenvalue weighted by molar-refractivity contribution is 5.59. The Labute approximate surface area is 105 Å². The van der Waals surface area contributed by atoms with Gasteiger partial charge in [0, 0.05) is 12.7 Å². The van der Waals surface area contributed by atoms with Gasteiger partial charge in [-0.1, -0.05) is 6.07 Å². The molecule has 2 aromatic rings. The molecule has 0 fully saturated rings. The van der Waals surface area contributed by atoms with Crippen LogP contribution in [0.25, 0.3) is 0 Å². The molecule has 0 saturated carbocycles. The van der Waals surface area contributed by atoms with E-state index in [9.17, 15) is 4.39 Å². The first-order valence-corrected chi connectivity index (χ1v) is 5.64. The van der Waals surface area contributed by atoms with Crippen LogP contribution in [0.5, 0.6) is 0 Å². The molecule has 18 heavy (non-hydrogen) atoms. The van der Waals surface area contributed by atoms with Gasteiger partial charge in [-0.25, -0.2) is 9.37 Å². The number of halogens is 1. The van der Waals surface area contributed by atoms with Gasteiger partial charge >= 0.3 is 0 Å². The van der Waals surface area contributed by atoms with Crippen LogP contribution in [0.15, 0.2) is 24.4 Å². The van der Waals surface area contributed by atoms with Crippen molar-refractivity contribution in [1.82, 2.24) is 9.97 Å². The monoisotopic (exact) mass is 246 g/mol. The highest BCUT2D eigenvalue weighted by atomic mass is 19.1. The zero-order chi connectivity index (χ0) is 13.1. The molecule has 0 spiro atoms. The Morgan fingerprint density at radius 1 is 1.17 bits per heavy atom. The maximum absolute atomic E-state index is 13.6. The Morgan fingerprint density at radius 2 is 1.94 bits per heavy atom. The van der Waals surface area contributed by atoms with E-state index in [1.54, 1.807) is 7.05 Å². The van der Waals surface area contributed by atoms with Gasteiger partial charge in [0.2, 0.25) is 5.95 Å². The predicted octanol–water partition coefficient (Wildman–Crippen LogP) is 3.02. The molecule has 2 N–H and O–H groups in total. The van der Waals surface area contributed by atoms with Crippen molar-refractivity contribution >= 4 is 17.5 Å². The van der Waals surface area contributed by atoms with Crippen LogP contribution in [0, 0.1) is 19.7 Å². The van der Waals surface area contributed by atoms with Gasteiger partial charge in [0.25, 0.3) is 0 Å². The van der Waals surface area contributed by atoms with E-state index in [-0.39, 0.29) is 5.82 Å². The number of rotatable bonds is 3. The second-order valence-corrected chi connectivity index (χ2v) is 4.06. The molecule has 0 aliphatic carbocycles. The summed E-state index contributed by atoms with van der Waals surface area (Å²) >= 11 is 0. The van der Waals surface area contributed by atoms with E-state index in [4.69, 9.17) is 0 Å². The Hall–Kier alpha value is -2.17. The summed E-state index contributed by atoms with van der Waals surface area (Å²) in [5.41, 5.74) is 3.14. The molecular formula is C13H15FN4. The van der Waals surface area contributed by atoms with Crippen molar-refractivity contribution in [3.8, 4) is 0 Å². The first kappa shape index (κ1) is 12.3. The average molecular weight is 246 g/mol. The first-order valence-electron chi connectivity index (χ1n) is 5.64. The first-order chi connectivity index (χ1) is 8.60. The molecule has 5 heteroatoms. The van der Waals surface area contributed by atoms with E-state index in [0.29, 0.717) is 5.95 Å². The number of aromatic nitrogens is 2. The molecule has 0 saturated heterocycles. The quantitative estimate of drug-likeness (QED) is 0.874. The molecule has 0 aliphatic rings. The second-order valence-electron chi connectivity index (χ2n) is 4.06. The largest absolute Gasteiger partial charge is 0.357 e. The fourth-order valence-electron chi connectivity index (χ4n) is 1.53. The van der Waals surface area contributed by atoms with Crippen LogP contribution in [0.3, 0.4) is 0 Å². The van der Waals surface area contributed by atoms with E-state index >= 15 is 0 Å². The van der Waals surface area contributed by atoms with Crippen molar-refractivity contribution in [2.24, 2.45) is 0 Å². The molecule has 2 rings (SSSR count). The van der Waals surface area contributed by atoms with Crippen molar-refractivity contribution in [3.05, 3.63) is 41.3 Å². The van der Waals surface area contributed by atoms with Gasteiger partial charge in [-0.2, -0.15) is 4.98 Å². The normalized spacial score (nSPS) is 10.2. The number of anilines is 3. The summed E-state index contributed by atoms with van der Waals surface area (Å²) in [6.07, 6.45) is 1.14. The Morgan fingerprint density at radius 3 is 2.61 bits per heavy atom. The van der Waals surface area contributed by atoms with Gasteiger partial charge < -0.3 is 10.6 Å². The van der Waals surface area contributed by atoms with E-state index in [2.05, 4.69) is 20.6 Å². The van der Waals surface area contributed by atoms with E-state index in [0.717, 1.165) is 17.4 Å². The molecule has 1 heterocycles. The topological polar surface area (TPSA) is 49.8 Å². The standard InChI is InChI=1S/C13H15FN4/c1-8-4-5-10(6-9(8)2)17-12-11(14)7-16-13(15-3)18-12/h4-7H,1-3H3,(H2,15,16,17,18).